The molecule has 0 atom stereocenters. The van der Waals surface area contributed by atoms with Gasteiger partial charge in [-0.1, -0.05) is 0 Å². The number of aliphatic carboxylic acids is 1. The van der Waals surface area contributed by atoms with Gasteiger partial charge in [-0.2, -0.15) is 0 Å². The first-order valence-electron chi connectivity index (χ1n) is 1.46. The first kappa shape index (κ1) is 22.4. The van der Waals surface area contributed by atoms with Crippen molar-refractivity contribution in [2.24, 2.45) is 0 Å². The van der Waals surface area contributed by atoms with Crippen LogP contribution in [0.15, 0.2) is 0 Å². The largest absolute Gasteiger partial charge is 2.00 e. The predicted octanol–water partition coefficient (Wildman–Crippen LogP) is -4.48. The molecule has 0 aliphatic carbocycles. The van der Waals surface area contributed by atoms with E-state index in [4.69, 9.17) is 25.2 Å². The molecule has 6 nitrogen and oxygen atoms in total. The molecule has 0 fully saturated rings. The third-order valence-electron chi connectivity index (χ3n) is 0. The normalized spacial score (nSPS) is 4.90. The van der Waals surface area contributed by atoms with Crippen molar-refractivity contribution in [3.05, 3.63) is 15.3 Å². The maximum absolute atomic E-state index is 8.89. The molecule has 0 N–H and O–H groups in total. The van der Waals surface area contributed by atoms with Crippen molar-refractivity contribution >= 4 is 5.97 Å². The van der Waals surface area contributed by atoms with Crippen molar-refractivity contribution in [2.75, 3.05) is 0 Å². The van der Waals surface area contributed by atoms with Crippen molar-refractivity contribution in [1.29, 1.82) is 0 Å². The van der Waals surface area contributed by atoms with E-state index in [0.29, 0.717) is 0 Å². The van der Waals surface area contributed by atoms with E-state index in [0.717, 1.165) is 6.92 Å². The molecule has 0 aromatic rings. The molecule has 0 saturated carbocycles. The predicted molar refractivity (Wildman–Crippen MR) is 21.0 cm³/mol. The fourth-order valence-corrected chi connectivity index (χ4v) is 0. The number of carbonyl (C=O) groups is 1. The van der Waals surface area contributed by atoms with Gasteiger partial charge < -0.3 is 25.2 Å². The van der Waals surface area contributed by atoms with E-state index < -0.39 is 11.1 Å². The molecule has 0 bridgehead atoms. The molecule has 0 heterocycles. The summed E-state index contributed by atoms with van der Waals surface area (Å²) in [6, 6.07) is 0. The van der Waals surface area contributed by atoms with E-state index in [1.165, 1.54) is 0 Å². The smallest absolute Gasteiger partial charge is 0.550 e. The van der Waals surface area contributed by atoms with E-state index in [1.54, 1.807) is 0 Å². The molecule has 0 spiro atoms. The standard InChI is InChI=1S/C2H4O2.Cd.NO3.Na/c1-2(3)4;;2-1(3)4;/h1H3,(H,3,4);;;/q;+2;-1;+1/p-1. The summed E-state index contributed by atoms with van der Waals surface area (Å²) in [4.78, 5) is 17.1. The number of hydrogen-bond donors (Lipinski definition) is 0. The molecule has 0 aliphatic heterocycles. The zero-order chi connectivity index (χ0) is 7.15. The Morgan fingerprint density at radius 1 is 1.40 bits per heavy atom. The zero-order valence-corrected chi connectivity index (χ0v) is 11.7. The van der Waals surface area contributed by atoms with Crippen molar-refractivity contribution in [1.82, 2.24) is 0 Å². The number of carbonyl (C=O) groups excluding carboxylic acids is 1. The molecule has 0 rings (SSSR count). The third kappa shape index (κ3) is 1410. The Morgan fingerprint density at radius 3 is 1.40 bits per heavy atom. The summed E-state index contributed by atoms with van der Waals surface area (Å²) in [6.45, 7) is 0.972. The number of nitrogens with zero attached hydrogens (tertiary/aromatic N) is 1. The summed E-state index contributed by atoms with van der Waals surface area (Å²) in [5, 5.41) is 23.6. The van der Waals surface area contributed by atoms with Gasteiger partial charge in [-0.05, 0) is 6.92 Å². The molecule has 0 aromatic heterocycles. The average molecular weight is 256 g/mol. The van der Waals surface area contributed by atoms with Gasteiger partial charge >= 0.3 is 56.9 Å². The van der Waals surface area contributed by atoms with Crippen LogP contribution in [0.5, 0.6) is 0 Å². The molecule has 0 aromatic carbocycles. The Labute approximate surface area is 99.2 Å². The Bertz CT molecular complexity index is 77.6. The Balaban J connectivity index is -0.0000000300. The van der Waals surface area contributed by atoms with E-state index in [1.807, 2.05) is 0 Å². The number of hydrogen-bond acceptors (Lipinski definition) is 5. The maximum Gasteiger partial charge on any atom is 2.00 e. The van der Waals surface area contributed by atoms with Gasteiger partial charge in [0.25, 0.3) is 0 Å². The Hall–Kier alpha value is 0.592. The van der Waals surface area contributed by atoms with Crippen LogP contribution in [0.1, 0.15) is 6.92 Å². The number of carboxylic acid groups (broad SMARTS) is 1. The van der Waals surface area contributed by atoms with Crippen LogP contribution in [0.3, 0.4) is 0 Å². The maximum atomic E-state index is 8.89. The van der Waals surface area contributed by atoms with Crippen LogP contribution in [-0.2, 0) is 32.1 Å². The van der Waals surface area contributed by atoms with Gasteiger partial charge in [0, 0.05) is 5.97 Å². The van der Waals surface area contributed by atoms with Crippen molar-refractivity contribution < 1.29 is 71.8 Å². The van der Waals surface area contributed by atoms with Crippen LogP contribution in [0, 0.1) is 15.3 Å². The second-order valence-electron chi connectivity index (χ2n) is 0.715. The second kappa shape index (κ2) is 16.3. The number of rotatable bonds is 0. The van der Waals surface area contributed by atoms with Crippen molar-refractivity contribution in [3.8, 4) is 0 Å². The average Bonchev–Trinajstić information content (AvgIpc) is 1.25. The van der Waals surface area contributed by atoms with Gasteiger partial charge in [0.1, 0.15) is 0 Å². The molecule has 0 unspecified atom stereocenters. The zero-order valence-electron chi connectivity index (χ0n) is 5.70. The molecular formula is C2H3CdNNaO5+. The topological polar surface area (TPSA) is 106 Å². The summed E-state index contributed by atoms with van der Waals surface area (Å²) in [7, 11) is 0. The summed E-state index contributed by atoms with van der Waals surface area (Å²) in [5.74, 6) is -1.08. The fourth-order valence-electron chi connectivity index (χ4n) is 0. The summed E-state index contributed by atoms with van der Waals surface area (Å²) < 4.78 is 0. The molecule has 0 saturated heterocycles. The summed E-state index contributed by atoms with van der Waals surface area (Å²) in [6.07, 6.45) is 0. The van der Waals surface area contributed by atoms with Crippen molar-refractivity contribution in [2.45, 2.75) is 6.92 Å². The third-order valence-corrected chi connectivity index (χ3v) is 0. The van der Waals surface area contributed by atoms with Crippen LogP contribution in [0.4, 0.5) is 0 Å². The molecular weight excluding hydrogens is 253 g/mol. The van der Waals surface area contributed by atoms with Crippen LogP contribution in [-0.4, -0.2) is 11.1 Å². The van der Waals surface area contributed by atoms with Crippen LogP contribution < -0.4 is 34.7 Å². The van der Waals surface area contributed by atoms with Gasteiger partial charge in [-0.3, -0.25) is 0 Å². The Kier molecular flexibility index (Phi) is 36.5. The SMILES string of the molecule is CC(=O)[O-].O=[N+]([O-])[O-].[Cd+2].[Na+]. The van der Waals surface area contributed by atoms with Gasteiger partial charge in [0.05, 0.1) is 5.09 Å². The quantitative estimate of drug-likeness (QED) is 0.247. The molecule has 8 heteroatoms. The van der Waals surface area contributed by atoms with Crippen LogP contribution in [0.25, 0.3) is 0 Å². The van der Waals surface area contributed by atoms with Crippen LogP contribution >= 0.6 is 0 Å². The monoisotopic (exact) mass is 258 g/mol. The molecule has 0 radical (unpaired) electrons. The minimum atomic E-state index is -1.75. The second-order valence-corrected chi connectivity index (χ2v) is 0.715. The van der Waals surface area contributed by atoms with E-state index in [-0.39, 0.29) is 56.9 Å². The van der Waals surface area contributed by atoms with Gasteiger partial charge in [-0.15, -0.1) is 0 Å². The summed E-state index contributed by atoms with van der Waals surface area (Å²) >= 11 is 0. The fraction of sp³-hybridized carbons (Fsp3) is 0.500. The minimum absolute atomic E-state index is 0. The van der Waals surface area contributed by atoms with Gasteiger partial charge in [0.15, 0.2) is 0 Å². The molecule has 0 amide bonds. The first-order chi connectivity index (χ1) is 3.46. The van der Waals surface area contributed by atoms with E-state index in [9.17, 15) is 0 Å². The number of carboxylic acids is 1. The van der Waals surface area contributed by atoms with E-state index in [2.05, 4.69) is 0 Å². The minimum Gasteiger partial charge on any atom is -0.550 e. The van der Waals surface area contributed by atoms with Gasteiger partial charge in [0.2, 0.25) is 0 Å². The first-order valence-corrected chi connectivity index (χ1v) is 1.46. The molecule has 10 heavy (non-hydrogen) atoms. The van der Waals surface area contributed by atoms with Crippen molar-refractivity contribution in [3.63, 3.8) is 0 Å². The van der Waals surface area contributed by atoms with E-state index >= 15 is 0 Å². The summed E-state index contributed by atoms with van der Waals surface area (Å²) in [5.41, 5.74) is 0. The van der Waals surface area contributed by atoms with Crippen LogP contribution in [0.2, 0.25) is 0 Å². The van der Waals surface area contributed by atoms with Gasteiger partial charge in [-0.25, -0.2) is 0 Å². The Morgan fingerprint density at radius 2 is 1.40 bits per heavy atom. The molecule has 0 aliphatic rings. The molecule has 48 valence electrons.